The van der Waals surface area contributed by atoms with Gasteiger partial charge in [0, 0.05) is 6.42 Å². The first-order valence-electron chi connectivity index (χ1n) is 8.54. The minimum atomic E-state index is 0.137. The molecule has 0 aliphatic carbocycles. The summed E-state index contributed by atoms with van der Waals surface area (Å²) in [5.41, 5.74) is 3.82. The second-order valence-corrected chi connectivity index (χ2v) is 6.82. The van der Waals surface area contributed by atoms with E-state index in [0.717, 1.165) is 32.4 Å². The number of piperidine rings is 1. The van der Waals surface area contributed by atoms with E-state index in [-0.39, 0.29) is 11.9 Å². The molecule has 0 spiro atoms. The van der Waals surface area contributed by atoms with Gasteiger partial charge >= 0.3 is 0 Å². The van der Waals surface area contributed by atoms with Crippen LogP contribution in [0.3, 0.4) is 0 Å². The summed E-state index contributed by atoms with van der Waals surface area (Å²) >= 11 is 0. The first-order chi connectivity index (χ1) is 10.5. The number of nitrogens with zero attached hydrogens (tertiary/aromatic N) is 1. The van der Waals surface area contributed by atoms with E-state index in [4.69, 9.17) is 0 Å². The highest BCUT2D eigenvalue weighted by Crippen LogP contribution is 2.22. The number of carbonyl (C=O) groups excluding carboxylic acids is 1. The van der Waals surface area contributed by atoms with E-state index in [1.165, 1.54) is 16.7 Å². The Morgan fingerprint density at radius 3 is 2.55 bits per heavy atom. The van der Waals surface area contributed by atoms with Gasteiger partial charge in [0.25, 0.3) is 0 Å². The minimum absolute atomic E-state index is 0.137. The molecule has 1 aliphatic rings. The third-order valence-corrected chi connectivity index (χ3v) is 4.99. The lowest BCUT2D eigenvalue weighted by Gasteiger charge is -2.29. The van der Waals surface area contributed by atoms with Crippen LogP contribution in [0.1, 0.15) is 55.3 Å². The first-order valence-corrected chi connectivity index (χ1v) is 8.54. The van der Waals surface area contributed by atoms with Crippen LogP contribution in [0.25, 0.3) is 0 Å². The van der Waals surface area contributed by atoms with Gasteiger partial charge in [-0.1, -0.05) is 25.1 Å². The van der Waals surface area contributed by atoms with Crippen molar-refractivity contribution in [2.75, 3.05) is 20.1 Å². The number of nitrogens with one attached hydrogen (secondary N) is 1. The number of likely N-dealkylation sites (tertiary alicyclic amines) is 1. The molecule has 122 valence electrons. The molecule has 1 aromatic rings. The summed E-state index contributed by atoms with van der Waals surface area (Å²) in [6.07, 6.45) is 3.89. The number of rotatable bonds is 5. The molecule has 0 saturated carbocycles. The van der Waals surface area contributed by atoms with Gasteiger partial charge in [-0.15, -0.1) is 0 Å². The van der Waals surface area contributed by atoms with E-state index in [1.54, 1.807) is 0 Å². The predicted molar refractivity (Wildman–Crippen MR) is 91.9 cm³/mol. The van der Waals surface area contributed by atoms with Gasteiger partial charge in [0.1, 0.15) is 0 Å². The van der Waals surface area contributed by atoms with Gasteiger partial charge < -0.3 is 10.2 Å². The van der Waals surface area contributed by atoms with Gasteiger partial charge in [-0.25, -0.2) is 0 Å². The summed E-state index contributed by atoms with van der Waals surface area (Å²) in [4.78, 5) is 14.7. The van der Waals surface area contributed by atoms with Crippen molar-refractivity contribution in [2.45, 2.75) is 52.5 Å². The maximum Gasteiger partial charge on any atom is 0.220 e. The largest absolute Gasteiger partial charge is 0.349 e. The summed E-state index contributed by atoms with van der Waals surface area (Å²) < 4.78 is 0. The van der Waals surface area contributed by atoms with Gasteiger partial charge in [-0.3, -0.25) is 4.79 Å². The lowest BCUT2D eigenvalue weighted by atomic mass is 9.93. The van der Waals surface area contributed by atoms with E-state index < -0.39 is 0 Å². The standard InChI is InChI=1S/C19H30N2O/c1-5-18(17-7-6-14(2)15(3)12-17)20-19(22)13-16-8-10-21(4)11-9-16/h6-7,12,16,18H,5,8-11,13H2,1-4H3,(H,20,22). The van der Waals surface area contributed by atoms with Crippen LogP contribution in [-0.4, -0.2) is 30.9 Å². The van der Waals surface area contributed by atoms with Crippen molar-refractivity contribution in [3.05, 3.63) is 34.9 Å². The lowest BCUT2D eigenvalue weighted by molar-refractivity contribution is -0.123. The fourth-order valence-electron chi connectivity index (χ4n) is 3.18. The average Bonchev–Trinajstić information content (AvgIpc) is 2.50. The average molecular weight is 302 g/mol. The second kappa shape index (κ2) is 7.77. The molecule has 1 aromatic carbocycles. The topological polar surface area (TPSA) is 32.3 Å². The number of hydrogen-bond acceptors (Lipinski definition) is 2. The van der Waals surface area contributed by atoms with E-state index in [9.17, 15) is 4.79 Å². The summed E-state index contributed by atoms with van der Waals surface area (Å²) in [7, 11) is 2.16. The smallest absolute Gasteiger partial charge is 0.220 e. The number of amides is 1. The Kier molecular flexibility index (Phi) is 6.01. The Labute approximate surface area is 135 Å². The van der Waals surface area contributed by atoms with Gasteiger partial charge in [0.05, 0.1) is 6.04 Å². The molecule has 1 amide bonds. The molecule has 3 nitrogen and oxygen atoms in total. The SMILES string of the molecule is CCC(NC(=O)CC1CCN(C)CC1)c1ccc(C)c(C)c1. The van der Waals surface area contributed by atoms with Gasteiger partial charge in [0.2, 0.25) is 5.91 Å². The molecule has 1 fully saturated rings. The van der Waals surface area contributed by atoms with E-state index >= 15 is 0 Å². The van der Waals surface area contributed by atoms with Crippen molar-refractivity contribution in [3.63, 3.8) is 0 Å². The Bertz CT molecular complexity index is 504. The predicted octanol–water partition coefficient (Wildman–Crippen LogP) is 3.60. The molecular formula is C19H30N2O. The van der Waals surface area contributed by atoms with Crippen LogP contribution in [-0.2, 0) is 4.79 Å². The number of hydrogen-bond donors (Lipinski definition) is 1. The molecule has 22 heavy (non-hydrogen) atoms. The highest BCUT2D eigenvalue weighted by Gasteiger charge is 2.21. The van der Waals surface area contributed by atoms with E-state index in [0.29, 0.717) is 12.3 Å². The molecule has 1 aliphatic heterocycles. The van der Waals surface area contributed by atoms with Crippen LogP contribution >= 0.6 is 0 Å². The zero-order chi connectivity index (χ0) is 16.1. The van der Waals surface area contributed by atoms with Crippen LogP contribution in [0, 0.1) is 19.8 Å². The molecule has 1 saturated heterocycles. The summed E-state index contributed by atoms with van der Waals surface area (Å²) in [5.74, 6) is 0.757. The number of carbonyl (C=O) groups is 1. The van der Waals surface area contributed by atoms with Crippen LogP contribution in [0.4, 0.5) is 0 Å². The zero-order valence-electron chi connectivity index (χ0n) is 14.5. The summed E-state index contributed by atoms with van der Waals surface area (Å²) in [6.45, 7) is 8.62. The monoisotopic (exact) mass is 302 g/mol. The lowest BCUT2D eigenvalue weighted by Crippen LogP contribution is -2.34. The van der Waals surface area contributed by atoms with E-state index in [2.05, 4.69) is 56.2 Å². The fraction of sp³-hybridized carbons (Fsp3) is 0.632. The van der Waals surface area contributed by atoms with Crippen molar-refractivity contribution in [3.8, 4) is 0 Å². The second-order valence-electron chi connectivity index (χ2n) is 6.82. The van der Waals surface area contributed by atoms with Crippen LogP contribution in [0.15, 0.2) is 18.2 Å². The molecule has 1 atom stereocenters. The molecular weight excluding hydrogens is 272 g/mol. The molecule has 3 heteroatoms. The van der Waals surface area contributed by atoms with Crippen LogP contribution < -0.4 is 5.32 Å². The normalized spacial score (nSPS) is 18.2. The van der Waals surface area contributed by atoms with Gasteiger partial charge in [-0.2, -0.15) is 0 Å². The molecule has 1 N–H and O–H groups in total. The molecule has 0 radical (unpaired) electrons. The zero-order valence-corrected chi connectivity index (χ0v) is 14.5. The Morgan fingerprint density at radius 1 is 1.27 bits per heavy atom. The van der Waals surface area contributed by atoms with E-state index in [1.807, 2.05) is 0 Å². The van der Waals surface area contributed by atoms with Crippen molar-refractivity contribution in [2.24, 2.45) is 5.92 Å². The third kappa shape index (κ3) is 4.57. The Morgan fingerprint density at radius 2 is 1.95 bits per heavy atom. The summed E-state index contributed by atoms with van der Waals surface area (Å²) in [6, 6.07) is 6.64. The first kappa shape index (κ1) is 17.0. The summed E-state index contributed by atoms with van der Waals surface area (Å²) in [5, 5.41) is 3.24. The molecule has 0 bridgehead atoms. The van der Waals surface area contributed by atoms with Crippen molar-refractivity contribution >= 4 is 5.91 Å². The van der Waals surface area contributed by atoms with Gasteiger partial charge in [-0.05, 0) is 75.9 Å². The highest BCUT2D eigenvalue weighted by atomic mass is 16.1. The Balaban J connectivity index is 1.91. The third-order valence-electron chi connectivity index (χ3n) is 4.99. The Hall–Kier alpha value is -1.35. The van der Waals surface area contributed by atoms with Crippen molar-refractivity contribution < 1.29 is 4.79 Å². The molecule has 0 aromatic heterocycles. The van der Waals surface area contributed by atoms with Gasteiger partial charge in [0.15, 0.2) is 0 Å². The fourth-order valence-corrected chi connectivity index (χ4v) is 3.18. The van der Waals surface area contributed by atoms with Crippen molar-refractivity contribution in [1.29, 1.82) is 0 Å². The number of aryl methyl sites for hydroxylation is 2. The minimum Gasteiger partial charge on any atom is -0.349 e. The quantitative estimate of drug-likeness (QED) is 0.901. The molecule has 2 rings (SSSR count). The van der Waals surface area contributed by atoms with Crippen molar-refractivity contribution in [1.82, 2.24) is 10.2 Å². The maximum absolute atomic E-state index is 12.4. The van der Waals surface area contributed by atoms with Crippen LogP contribution in [0.2, 0.25) is 0 Å². The number of benzene rings is 1. The molecule has 1 unspecified atom stereocenters. The maximum atomic E-state index is 12.4. The molecule has 1 heterocycles. The van der Waals surface area contributed by atoms with Crippen LogP contribution in [0.5, 0.6) is 0 Å². The highest BCUT2D eigenvalue weighted by molar-refractivity contribution is 5.76.